The van der Waals surface area contributed by atoms with E-state index in [9.17, 15) is 14.4 Å². The molecule has 0 radical (unpaired) electrons. The van der Waals surface area contributed by atoms with Crippen LogP contribution in [0.3, 0.4) is 0 Å². The van der Waals surface area contributed by atoms with Crippen molar-refractivity contribution in [3.8, 4) is 0 Å². The number of hydrogen-bond acceptors (Lipinski definition) is 7. The number of nitrogens with zero attached hydrogens (tertiary/aromatic N) is 5. The highest BCUT2D eigenvalue weighted by Crippen LogP contribution is 2.27. The van der Waals surface area contributed by atoms with Gasteiger partial charge in [-0.2, -0.15) is 0 Å². The number of methoxy groups -OCH3 is 1. The van der Waals surface area contributed by atoms with Crippen molar-refractivity contribution < 1.29 is 19.1 Å². The fourth-order valence-electron chi connectivity index (χ4n) is 4.78. The Morgan fingerprint density at radius 3 is 2.39 bits per heavy atom. The Balaban J connectivity index is 1.39. The number of amides is 4. The van der Waals surface area contributed by atoms with Gasteiger partial charge in [-0.3, -0.25) is 9.59 Å². The van der Waals surface area contributed by atoms with E-state index in [0.29, 0.717) is 55.9 Å². The predicted molar refractivity (Wildman–Crippen MR) is 135 cm³/mol. The molecule has 3 aliphatic rings. The van der Waals surface area contributed by atoms with Gasteiger partial charge in [-0.25, -0.2) is 14.8 Å². The van der Waals surface area contributed by atoms with Crippen LogP contribution >= 0.6 is 11.6 Å². The second-order valence-electron chi connectivity index (χ2n) is 10.0. The summed E-state index contributed by atoms with van der Waals surface area (Å²) in [5.41, 5.74) is 0.612. The molecule has 1 atom stereocenters. The second-order valence-corrected chi connectivity index (χ2v) is 10.5. The number of nitrogens with one attached hydrogen (secondary N) is 2. The molecular weight excluding hydrogens is 486 g/mol. The van der Waals surface area contributed by atoms with Gasteiger partial charge in [0, 0.05) is 62.7 Å². The van der Waals surface area contributed by atoms with E-state index in [2.05, 4.69) is 10.6 Å². The lowest BCUT2D eigenvalue weighted by Gasteiger charge is -2.42. The smallest absolute Gasteiger partial charge is 0.319 e. The van der Waals surface area contributed by atoms with Crippen molar-refractivity contribution in [3.05, 3.63) is 41.2 Å². The number of anilines is 1. The van der Waals surface area contributed by atoms with Crippen molar-refractivity contribution in [2.75, 3.05) is 65.6 Å². The minimum atomic E-state index is -0.809. The van der Waals surface area contributed by atoms with Crippen molar-refractivity contribution in [2.45, 2.75) is 19.9 Å². The third-order valence-electron chi connectivity index (χ3n) is 6.67. The fourth-order valence-corrected chi connectivity index (χ4v) is 4.91. The molecule has 11 nitrogen and oxygen atoms in total. The lowest BCUT2D eigenvalue weighted by molar-refractivity contribution is -0.150. The summed E-state index contributed by atoms with van der Waals surface area (Å²) in [5.74, 6) is -0.195. The molecule has 2 saturated heterocycles. The average Bonchev–Trinajstić information content (AvgIpc) is 3.35. The van der Waals surface area contributed by atoms with Crippen LogP contribution in [0.15, 0.2) is 36.2 Å². The first kappa shape index (κ1) is 26.1. The summed E-state index contributed by atoms with van der Waals surface area (Å²) in [5, 5.41) is 9.93. The van der Waals surface area contributed by atoms with Crippen molar-refractivity contribution >= 4 is 35.1 Å². The highest BCUT2D eigenvalue weighted by atomic mass is 35.5. The lowest BCUT2D eigenvalue weighted by atomic mass is 9.84. The highest BCUT2D eigenvalue weighted by molar-refractivity contribution is 6.30. The van der Waals surface area contributed by atoms with Gasteiger partial charge in [-0.15, -0.1) is 0 Å². The van der Waals surface area contributed by atoms with E-state index in [1.807, 2.05) is 41.9 Å². The Hall–Kier alpha value is -3.02. The fraction of sp³-hybridized carbons (Fsp3) is 0.542. The first-order valence-electron chi connectivity index (χ1n) is 11.9. The topological polar surface area (TPSA) is 101 Å². The number of fused-ring (bicyclic) bond motifs is 1. The number of hydrogen-bond donors (Lipinski definition) is 2. The van der Waals surface area contributed by atoms with Crippen LogP contribution in [0.4, 0.5) is 10.5 Å². The van der Waals surface area contributed by atoms with Gasteiger partial charge in [0.2, 0.25) is 5.91 Å². The van der Waals surface area contributed by atoms with Crippen molar-refractivity contribution in [2.24, 2.45) is 5.41 Å². The standard InChI is InChI=1S/C24H34ClN7O4/c1-24(2,14-36-4)20(27-23(35)26-18-7-5-17(25)6-8-18)22(34)29-9-11-31(12-10-29)32-16-30-15-28(3)13-19(30)21(32)33/h5-8,13,20H,9-12,14-16H2,1-4H3,(H2,26,27,35). The third kappa shape index (κ3) is 5.53. The van der Waals surface area contributed by atoms with Crippen LogP contribution in [0.25, 0.3) is 0 Å². The van der Waals surface area contributed by atoms with Crippen LogP contribution in [0.2, 0.25) is 5.02 Å². The third-order valence-corrected chi connectivity index (χ3v) is 6.92. The summed E-state index contributed by atoms with van der Waals surface area (Å²) in [6.45, 7) is 7.22. The van der Waals surface area contributed by atoms with Gasteiger partial charge in [0.15, 0.2) is 0 Å². The zero-order valence-corrected chi connectivity index (χ0v) is 21.9. The molecule has 0 bridgehead atoms. The highest BCUT2D eigenvalue weighted by Gasteiger charge is 2.43. The van der Waals surface area contributed by atoms with Crippen molar-refractivity contribution in [1.82, 2.24) is 30.0 Å². The molecule has 2 N–H and O–H groups in total. The second kappa shape index (κ2) is 10.5. The van der Waals surface area contributed by atoms with Gasteiger partial charge in [0.25, 0.3) is 5.91 Å². The van der Waals surface area contributed by atoms with Gasteiger partial charge in [0.05, 0.1) is 13.3 Å². The Kier molecular flexibility index (Phi) is 7.62. The van der Waals surface area contributed by atoms with Crippen LogP contribution in [0.1, 0.15) is 13.8 Å². The van der Waals surface area contributed by atoms with E-state index >= 15 is 0 Å². The van der Waals surface area contributed by atoms with Gasteiger partial charge in [-0.1, -0.05) is 25.4 Å². The summed E-state index contributed by atoms with van der Waals surface area (Å²) in [6.07, 6.45) is 1.87. The van der Waals surface area contributed by atoms with Crippen molar-refractivity contribution in [3.63, 3.8) is 0 Å². The maximum atomic E-state index is 13.6. The summed E-state index contributed by atoms with van der Waals surface area (Å²) < 4.78 is 5.36. The number of carbonyl (C=O) groups is 3. The predicted octanol–water partition coefficient (Wildman–Crippen LogP) is 1.41. The van der Waals surface area contributed by atoms with Crippen molar-refractivity contribution in [1.29, 1.82) is 0 Å². The number of rotatable bonds is 7. The van der Waals surface area contributed by atoms with E-state index in [1.165, 1.54) is 0 Å². The number of benzene rings is 1. The van der Waals surface area contributed by atoms with Crippen LogP contribution in [0.5, 0.6) is 0 Å². The number of urea groups is 1. The first-order valence-corrected chi connectivity index (χ1v) is 12.3. The monoisotopic (exact) mass is 519 g/mol. The number of carbonyl (C=O) groups excluding carboxylic acids is 3. The van der Waals surface area contributed by atoms with Crippen LogP contribution in [-0.2, 0) is 14.3 Å². The van der Waals surface area contributed by atoms with E-state index in [1.54, 1.807) is 41.3 Å². The molecule has 12 heteroatoms. The molecule has 0 spiro atoms. The molecule has 1 unspecified atom stereocenters. The molecule has 36 heavy (non-hydrogen) atoms. The maximum Gasteiger partial charge on any atom is 0.319 e. The minimum absolute atomic E-state index is 0.0150. The van der Waals surface area contributed by atoms with E-state index < -0.39 is 17.5 Å². The Morgan fingerprint density at radius 1 is 1.11 bits per heavy atom. The number of hydrazine groups is 1. The zero-order chi connectivity index (χ0) is 26.0. The Bertz CT molecular complexity index is 1020. The van der Waals surface area contributed by atoms with E-state index in [4.69, 9.17) is 16.3 Å². The van der Waals surface area contributed by atoms with E-state index in [0.717, 1.165) is 0 Å². The molecular formula is C24H34ClN7O4. The molecule has 3 heterocycles. The lowest BCUT2D eigenvalue weighted by Crippen LogP contribution is -2.62. The van der Waals surface area contributed by atoms with Crippen LogP contribution < -0.4 is 10.6 Å². The summed E-state index contributed by atoms with van der Waals surface area (Å²) >= 11 is 5.92. The van der Waals surface area contributed by atoms with Crippen LogP contribution in [-0.4, -0.2) is 109 Å². The summed E-state index contributed by atoms with van der Waals surface area (Å²) in [7, 11) is 3.51. The quantitative estimate of drug-likeness (QED) is 0.561. The Morgan fingerprint density at radius 2 is 1.78 bits per heavy atom. The van der Waals surface area contributed by atoms with Gasteiger partial charge >= 0.3 is 6.03 Å². The van der Waals surface area contributed by atoms with Gasteiger partial charge in [0.1, 0.15) is 18.4 Å². The molecule has 1 aromatic rings. The normalized spacial score (nSPS) is 19.4. The molecule has 4 rings (SSSR count). The molecule has 0 aromatic heterocycles. The molecule has 0 aliphatic carbocycles. The summed E-state index contributed by atoms with van der Waals surface area (Å²) in [6, 6.07) is 5.44. The molecule has 4 amide bonds. The molecule has 3 aliphatic heterocycles. The average molecular weight is 520 g/mol. The first-order chi connectivity index (χ1) is 17.1. The Labute approximate surface area is 216 Å². The molecule has 1 aromatic carbocycles. The largest absolute Gasteiger partial charge is 0.384 e. The number of ether oxygens (including phenoxy) is 1. The summed E-state index contributed by atoms with van der Waals surface area (Å²) in [4.78, 5) is 45.0. The van der Waals surface area contributed by atoms with Crippen LogP contribution in [0, 0.1) is 5.41 Å². The minimum Gasteiger partial charge on any atom is -0.384 e. The maximum absolute atomic E-state index is 13.6. The SMILES string of the molecule is COCC(C)(C)C(NC(=O)Nc1ccc(Cl)cc1)C(=O)N1CCN(N2CN3CN(C)C=C3C2=O)CC1. The number of halogens is 1. The number of piperazine rings is 1. The molecule has 2 fully saturated rings. The molecule has 196 valence electrons. The van der Waals surface area contributed by atoms with Gasteiger partial charge < -0.3 is 30.1 Å². The van der Waals surface area contributed by atoms with Gasteiger partial charge in [-0.05, 0) is 24.3 Å². The zero-order valence-electron chi connectivity index (χ0n) is 21.2. The molecule has 0 saturated carbocycles. The van der Waals surface area contributed by atoms with E-state index in [-0.39, 0.29) is 18.4 Å².